The Bertz CT molecular complexity index is 923. The van der Waals surface area contributed by atoms with Gasteiger partial charge >= 0.3 is 0 Å². The maximum Gasteiger partial charge on any atom is 0.232 e. The molecule has 41 heavy (non-hydrogen) atoms. The standard InChI is InChI=1S/C32H56N4O5/c1-9-40-21-25(13-22(2)3)16-35-31(37)26-14-27(18-33-17-26)32(38)36(20-23(4)5)30-15-29(41-12-10-11-39-8)28(19-34-30)24(6)7/h15,19,22-27,33H,9-14,16-18,20-21H2,1-8H3,(H,35,37)/t25-,26-,27+/m0/s1. The first kappa shape index (κ1) is 35.0. The lowest BCUT2D eigenvalue weighted by molar-refractivity contribution is -0.128. The van der Waals surface area contributed by atoms with Gasteiger partial charge in [0.25, 0.3) is 0 Å². The molecule has 1 aromatic rings. The van der Waals surface area contributed by atoms with Crippen LogP contribution in [0.4, 0.5) is 5.82 Å². The van der Waals surface area contributed by atoms with Crippen LogP contribution in [0.5, 0.6) is 5.75 Å². The summed E-state index contributed by atoms with van der Waals surface area (Å²) in [5.74, 6) is 2.05. The number of amides is 2. The predicted molar refractivity (Wildman–Crippen MR) is 164 cm³/mol. The number of hydrogen-bond acceptors (Lipinski definition) is 7. The average Bonchev–Trinajstić information content (AvgIpc) is 2.94. The quantitative estimate of drug-likeness (QED) is 0.245. The molecule has 1 aromatic heterocycles. The van der Waals surface area contributed by atoms with Gasteiger partial charge in [-0.15, -0.1) is 0 Å². The van der Waals surface area contributed by atoms with Crippen molar-refractivity contribution in [2.45, 2.75) is 73.6 Å². The van der Waals surface area contributed by atoms with Gasteiger partial charge in [-0.25, -0.2) is 4.98 Å². The number of nitrogens with one attached hydrogen (secondary N) is 2. The van der Waals surface area contributed by atoms with E-state index in [1.54, 1.807) is 12.0 Å². The fourth-order valence-corrected chi connectivity index (χ4v) is 5.29. The lowest BCUT2D eigenvalue weighted by atomic mass is 9.88. The summed E-state index contributed by atoms with van der Waals surface area (Å²) in [5.41, 5.74) is 1.01. The van der Waals surface area contributed by atoms with Crippen molar-refractivity contribution in [3.8, 4) is 5.75 Å². The normalized spacial score (nSPS) is 18.1. The van der Waals surface area contributed by atoms with Crippen LogP contribution in [0.15, 0.2) is 12.3 Å². The molecule has 1 aliphatic rings. The van der Waals surface area contributed by atoms with Crippen molar-refractivity contribution in [1.29, 1.82) is 0 Å². The van der Waals surface area contributed by atoms with Crippen molar-refractivity contribution < 1.29 is 23.8 Å². The Morgan fingerprint density at radius 2 is 1.83 bits per heavy atom. The molecule has 0 aromatic carbocycles. The van der Waals surface area contributed by atoms with E-state index in [9.17, 15) is 9.59 Å². The van der Waals surface area contributed by atoms with Crippen LogP contribution < -0.4 is 20.3 Å². The van der Waals surface area contributed by atoms with Crippen molar-refractivity contribution in [3.63, 3.8) is 0 Å². The number of rotatable bonds is 18. The van der Waals surface area contributed by atoms with Gasteiger partial charge in [-0.3, -0.25) is 14.5 Å². The molecule has 0 radical (unpaired) electrons. The number of carbonyl (C=O) groups excluding carboxylic acids is 2. The third kappa shape index (κ3) is 11.9. The van der Waals surface area contributed by atoms with Crippen molar-refractivity contribution in [2.75, 3.05) is 64.6 Å². The molecule has 234 valence electrons. The van der Waals surface area contributed by atoms with Gasteiger partial charge in [0.2, 0.25) is 11.8 Å². The number of methoxy groups -OCH3 is 1. The van der Waals surface area contributed by atoms with Gasteiger partial charge in [0.15, 0.2) is 0 Å². The average molecular weight is 577 g/mol. The zero-order chi connectivity index (χ0) is 30.4. The molecule has 0 saturated carbocycles. The van der Waals surface area contributed by atoms with E-state index in [-0.39, 0.29) is 41.4 Å². The highest BCUT2D eigenvalue weighted by Gasteiger charge is 2.35. The molecule has 3 atom stereocenters. The van der Waals surface area contributed by atoms with Crippen LogP contribution in [0.3, 0.4) is 0 Å². The molecule has 9 nitrogen and oxygen atoms in total. The van der Waals surface area contributed by atoms with Gasteiger partial charge in [-0.1, -0.05) is 41.5 Å². The van der Waals surface area contributed by atoms with E-state index in [0.717, 1.165) is 24.2 Å². The highest BCUT2D eigenvalue weighted by Crippen LogP contribution is 2.31. The van der Waals surface area contributed by atoms with Crippen LogP contribution >= 0.6 is 0 Å². The predicted octanol–water partition coefficient (Wildman–Crippen LogP) is 4.65. The van der Waals surface area contributed by atoms with Crippen molar-refractivity contribution in [3.05, 3.63) is 17.8 Å². The van der Waals surface area contributed by atoms with Crippen molar-refractivity contribution in [2.24, 2.45) is 29.6 Å². The Kier molecular flexibility index (Phi) is 15.6. The zero-order valence-corrected chi connectivity index (χ0v) is 26.8. The molecular formula is C32H56N4O5. The minimum absolute atomic E-state index is 0.00169. The second-order valence-corrected chi connectivity index (χ2v) is 12.5. The molecule has 0 spiro atoms. The molecule has 0 bridgehead atoms. The van der Waals surface area contributed by atoms with Gasteiger partial charge < -0.3 is 24.8 Å². The molecule has 2 heterocycles. The van der Waals surface area contributed by atoms with E-state index in [0.29, 0.717) is 70.8 Å². The fraction of sp³-hybridized carbons (Fsp3) is 0.781. The number of hydrogen-bond donors (Lipinski definition) is 2. The Hall–Kier alpha value is -2.23. The maximum absolute atomic E-state index is 14.0. The van der Waals surface area contributed by atoms with Gasteiger partial charge in [-0.05, 0) is 43.4 Å². The molecule has 1 fully saturated rings. The second-order valence-electron chi connectivity index (χ2n) is 12.5. The monoisotopic (exact) mass is 576 g/mol. The van der Waals surface area contributed by atoms with E-state index in [1.807, 2.05) is 19.2 Å². The molecule has 2 N–H and O–H groups in total. The summed E-state index contributed by atoms with van der Waals surface area (Å²) in [4.78, 5) is 33.7. The van der Waals surface area contributed by atoms with Gasteiger partial charge in [0.05, 0.1) is 25.0 Å². The molecule has 2 amide bonds. The van der Waals surface area contributed by atoms with E-state index >= 15 is 0 Å². The minimum Gasteiger partial charge on any atom is -0.493 e. The minimum atomic E-state index is -0.314. The number of ether oxygens (including phenoxy) is 3. The van der Waals surface area contributed by atoms with Crippen LogP contribution in [0.2, 0.25) is 0 Å². The van der Waals surface area contributed by atoms with E-state index < -0.39 is 0 Å². The summed E-state index contributed by atoms with van der Waals surface area (Å²) in [6.07, 6.45) is 4.12. The van der Waals surface area contributed by atoms with E-state index in [4.69, 9.17) is 19.2 Å². The second kappa shape index (κ2) is 18.3. The molecule has 9 heteroatoms. The third-order valence-electron chi connectivity index (χ3n) is 7.34. The van der Waals surface area contributed by atoms with Crippen molar-refractivity contribution >= 4 is 17.6 Å². The van der Waals surface area contributed by atoms with Gasteiger partial charge in [0.1, 0.15) is 11.6 Å². The summed E-state index contributed by atoms with van der Waals surface area (Å²) >= 11 is 0. The molecule has 0 unspecified atom stereocenters. The number of carbonyl (C=O) groups is 2. The van der Waals surface area contributed by atoms with Crippen LogP contribution in [-0.4, -0.2) is 76.5 Å². The molecule has 1 aliphatic heterocycles. The summed E-state index contributed by atoms with van der Waals surface area (Å²) in [7, 11) is 1.68. The van der Waals surface area contributed by atoms with Gasteiger partial charge in [-0.2, -0.15) is 0 Å². The molecule has 2 rings (SSSR count). The SMILES string of the molecule is CCOC[C@H](CNC(=O)[C@@H]1CNC[C@H](C(=O)N(CC(C)C)c2cc(OCCCOC)c(C(C)C)cn2)C1)CC(C)C. The summed E-state index contributed by atoms with van der Waals surface area (Å²) < 4.78 is 16.9. The number of aromatic nitrogens is 1. The zero-order valence-electron chi connectivity index (χ0n) is 26.8. The highest BCUT2D eigenvalue weighted by atomic mass is 16.5. The summed E-state index contributed by atoms with van der Waals surface area (Å²) in [5, 5.41) is 6.50. The first-order valence-electron chi connectivity index (χ1n) is 15.6. The Balaban J connectivity index is 2.16. The number of nitrogens with zero attached hydrogens (tertiary/aromatic N) is 2. The van der Waals surface area contributed by atoms with E-state index in [2.05, 4.69) is 52.2 Å². The Morgan fingerprint density at radius 3 is 2.46 bits per heavy atom. The Morgan fingerprint density at radius 1 is 1.10 bits per heavy atom. The maximum atomic E-state index is 14.0. The lowest BCUT2D eigenvalue weighted by Crippen LogP contribution is -2.50. The lowest BCUT2D eigenvalue weighted by Gasteiger charge is -2.33. The Labute approximate surface area is 248 Å². The topological polar surface area (TPSA) is 102 Å². The number of piperidine rings is 1. The third-order valence-corrected chi connectivity index (χ3v) is 7.34. The van der Waals surface area contributed by atoms with Crippen LogP contribution in [0.1, 0.15) is 79.2 Å². The van der Waals surface area contributed by atoms with Crippen molar-refractivity contribution in [1.82, 2.24) is 15.6 Å². The smallest absolute Gasteiger partial charge is 0.232 e. The van der Waals surface area contributed by atoms with Gasteiger partial charge in [0, 0.05) is 70.8 Å². The summed E-state index contributed by atoms with van der Waals surface area (Å²) in [6, 6.07) is 1.90. The highest BCUT2D eigenvalue weighted by molar-refractivity contribution is 5.95. The molecular weight excluding hydrogens is 520 g/mol. The summed E-state index contributed by atoms with van der Waals surface area (Å²) in [6.45, 7) is 19.5. The molecule has 1 saturated heterocycles. The van der Waals surface area contributed by atoms with E-state index in [1.165, 1.54) is 0 Å². The van der Waals surface area contributed by atoms with Crippen LogP contribution in [0, 0.1) is 29.6 Å². The fourth-order valence-electron chi connectivity index (χ4n) is 5.29. The largest absolute Gasteiger partial charge is 0.493 e. The first-order valence-corrected chi connectivity index (χ1v) is 15.6. The molecule has 0 aliphatic carbocycles. The van der Waals surface area contributed by atoms with Crippen LogP contribution in [-0.2, 0) is 19.1 Å². The number of pyridine rings is 1. The van der Waals surface area contributed by atoms with Crippen LogP contribution in [0.25, 0.3) is 0 Å². The first-order chi connectivity index (χ1) is 19.6. The number of anilines is 1.